The Kier molecular flexibility index (Phi) is 3.65. The van der Waals surface area contributed by atoms with E-state index in [0.717, 1.165) is 30.3 Å². The maximum atomic E-state index is 4.24. The van der Waals surface area contributed by atoms with Crippen molar-refractivity contribution in [2.45, 2.75) is 39.2 Å². The summed E-state index contributed by atoms with van der Waals surface area (Å²) in [4.78, 5) is 4.24. The molecule has 0 bridgehead atoms. The molecule has 1 saturated carbocycles. The summed E-state index contributed by atoms with van der Waals surface area (Å²) in [6.07, 6.45) is 7.51. The van der Waals surface area contributed by atoms with Gasteiger partial charge in [0.25, 0.3) is 0 Å². The van der Waals surface area contributed by atoms with E-state index in [1.807, 2.05) is 12.4 Å². The summed E-state index contributed by atoms with van der Waals surface area (Å²) in [7, 11) is 0. The van der Waals surface area contributed by atoms with Gasteiger partial charge in [-0.15, -0.1) is 0 Å². The maximum absolute atomic E-state index is 4.24. The van der Waals surface area contributed by atoms with E-state index in [4.69, 9.17) is 0 Å². The standard InChI is InChI=1S/C13H21N3/c1-3-5-15-11-7-12(9-14-8-11)16-13-6-10(13)4-2/h7-10,13,15-16H,3-6H2,1-2H3. The van der Waals surface area contributed by atoms with Gasteiger partial charge in [0.1, 0.15) is 0 Å². The Morgan fingerprint density at radius 3 is 2.81 bits per heavy atom. The van der Waals surface area contributed by atoms with Gasteiger partial charge >= 0.3 is 0 Å². The monoisotopic (exact) mass is 219 g/mol. The number of nitrogens with one attached hydrogen (secondary N) is 2. The molecule has 0 aliphatic heterocycles. The number of hydrogen-bond acceptors (Lipinski definition) is 3. The Morgan fingerprint density at radius 2 is 2.12 bits per heavy atom. The Labute approximate surface area is 97.7 Å². The number of pyridine rings is 1. The van der Waals surface area contributed by atoms with Crippen molar-refractivity contribution in [2.24, 2.45) is 5.92 Å². The Hall–Kier alpha value is -1.25. The van der Waals surface area contributed by atoms with Crippen molar-refractivity contribution in [3.05, 3.63) is 18.5 Å². The molecule has 3 nitrogen and oxygen atoms in total. The molecule has 0 radical (unpaired) electrons. The second kappa shape index (κ2) is 5.19. The van der Waals surface area contributed by atoms with Crippen LogP contribution in [0.15, 0.2) is 18.5 Å². The number of rotatable bonds is 6. The summed E-state index contributed by atoms with van der Waals surface area (Å²) < 4.78 is 0. The lowest BCUT2D eigenvalue weighted by Crippen LogP contribution is -2.06. The fraction of sp³-hybridized carbons (Fsp3) is 0.615. The molecule has 0 saturated heterocycles. The molecule has 2 rings (SSSR count). The highest BCUT2D eigenvalue weighted by molar-refractivity contribution is 5.55. The first-order chi connectivity index (χ1) is 7.83. The third-order valence-corrected chi connectivity index (χ3v) is 3.12. The van der Waals surface area contributed by atoms with Gasteiger partial charge in [0, 0.05) is 12.6 Å². The predicted octanol–water partition coefficient (Wildman–Crippen LogP) is 3.11. The molecule has 1 heterocycles. The molecule has 0 aromatic carbocycles. The number of hydrogen-bond donors (Lipinski definition) is 2. The minimum atomic E-state index is 0.674. The quantitative estimate of drug-likeness (QED) is 0.772. The van der Waals surface area contributed by atoms with Crippen LogP contribution >= 0.6 is 0 Å². The lowest BCUT2D eigenvalue weighted by atomic mass is 10.3. The SMILES string of the molecule is CCCNc1cncc(NC2CC2CC)c1. The van der Waals surface area contributed by atoms with E-state index in [9.17, 15) is 0 Å². The van der Waals surface area contributed by atoms with Crippen LogP contribution in [-0.4, -0.2) is 17.6 Å². The third kappa shape index (κ3) is 2.87. The highest BCUT2D eigenvalue weighted by atomic mass is 15.0. The minimum Gasteiger partial charge on any atom is -0.384 e. The average Bonchev–Trinajstić information content (AvgIpc) is 3.05. The highest BCUT2D eigenvalue weighted by Gasteiger charge is 2.35. The van der Waals surface area contributed by atoms with Gasteiger partial charge in [-0.05, 0) is 24.8 Å². The van der Waals surface area contributed by atoms with E-state index >= 15 is 0 Å². The van der Waals surface area contributed by atoms with Crippen LogP contribution in [0, 0.1) is 5.92 Å². The Bertz CT molecular complexity index is 338. The topological polar surface area (TPSA) is 37.0 Å². The van der Waals surface area contributed by atoms with Crippen molar-refractivity contribution in [1.82, 2.24) is 4.98 Å². The van der Waals surface area contributed by atoms with Crippen LogP contribution in [0.1, 0.15) is 33.1 Å². The van der Waals surface area contributed by atoms with Gasteiger partial charge in [0.05, 0.1) is 23.8 Å². The second-order valence-corrected chi connectivity index (χ2v) is 4.54. The smallest absolute Gasteiger partial charge is 0.0549 e. The second-order valence-electron chi connectivity index (χ2n) is 4.54. The molecule has 2 unspecified atom stereocenters. The highest BCUT2D eigenvalue weighted by Crippen LogP contribution is 2.36. The van der Waals surface area contributed by atoms with Crippen LogP contribution in [0.5, 0.6) is 0 Å². The van der Waals surface area contributed by atoms with Crippen molar-refractivity contribution in [3.63, 3.8) is 0 Å². The Morgan fingerprint density at radius 1 is 1.31 bits per heavy atom. The van der Waals surface area contributed by atoms with E-state index in [1.165, 1.54) is 12.8 Å². The number of nitrogens with zero attached hydrogens (tertiary/aromatic N) is 1. The fourth-order valence-electron chi connectivity index (χ4n) is 1.97. The summed E-state index contributed by atoms with van der Waals surface area (Å²) in [5, 5.41) is 6.88. The zero-order valence-electron chi connectivity index (χ0n) is 10.2. The molecule has 16 heavy (non-hydrogen) atoms. The van der Waals surface area contributed by atoms with E-state index in [0.29, 0.717) is 6.04 Å². The molecule has 2 N–H and O–H groups in total. The number of anilines is 2. The van der Waals surface area contributed by atoms with Gasteiger partial charge in [0.15, 0.2) is 0 Å². The molecule has 88 valence electrons. The van der Waals surface area contributed by atoms with Crippen LogP contribution in [0.3, 0.4) is 0 Å². The summed E-state index contributed by atoms with van der Waals surface area (Å²) in [6.45, 7) is 5.43. The molecule has 1 fully saturated rings. The molecule has 0 amide bonds. The normalized spacial score (nSPS) is 22.9. The lowest BCUT2D eigenvalue weighted by molar-refractivity contribution is 0.774. The van der Waals surface area contributed by atoms with Gasteiger partial charge in [-0.3, -0.25) is 4.98 Å². The van der Waals surface area contributed by atoms with Crippen molar-refractivity contribution < 1.29 is 0 Å². The zero-order chi connectivity index (χ0) is 11.4. The minimum absolute atomic E-state index is 0.674. The molecule has 3 heteroatoms. The number of aromatic nitrogens is 1. The van der Waals surface area contributed by atoms with E-state index in [2.05, 4.69) is 35.5 Å². The average molecular weight is 219 g/mol. The predicted molar refractivity (Wildman–Crippen MR) is 68.8 cm³/mol. The van der Waals surface area contributed by atoms with E-state index in [-0.39, 0.29) is 0 Å². The molecule has 1 aliphatic rings. The summed E-state index contributed by atoms with van der Waals surface area (Å²) in [6, 6.07) is 2.82. The molecule has 1 aliphatic carbocycles. The van der Waals surface area contributed by atoms with Crippen LogP contribution in [-0.2, 0) is 0 Å². The molecule has 1 aromatic rings. The Balaban J connectivity index is 1.89. The zero-order valence-corrected chi connectivity index (χ0v) is 10.2. The van der Waals surface area contributed by atoms with Crippen LogP contribution in [0.2, 0.25) is 0 Å². The van der Waals surface area contributed by atoms with Gasteiger partial charge in [-0.25, -0.2) is 0 Å². The van der Waals surface area contributed by atoms with Gasteiger partial charge in [-0.1, -0.05) is 20.3 Å². The van der Waals surface area contributed by atoms with Gasteiger partial charge in [0.2, 0.25) is 0 Å². The summed E-state index contributed by atoms with van der Waals surface area (Å²) in [5.74, 6) is 0.868. The first kappa shape index (κ1) is 11.2. The third-order valence-electron chi connectivity index (χ3n) is 3.12. The van der Waals surface area contributed by atoms with Crippen LogP contribution in [0.25, 0.3) is 0 Å². The lowest BCUT2D eigenvalue weighted by Gasteiger charge is -2.08. The maximum Gasteiger partial charge on any atom is 0.0549 e. The van der Waals surface area contributed by atoms with Crippen LogP contribution in [0.4, 0.5) is 11.4 Å². The van der Waals surface area contributed by atoms with Crippen molar-refractivity contribution >= 4 is 11.4 Å². The molecular formula is C13H21N3. The molecule has 1 aromatic heterocycles. The molecule has 0 spiro atoms. The first-order valence-corrected chi connectivity index (χ1v) is 6.29. The molecular weight excluding hydrogens is 198 g/mol. The van der Waals surface area contributed by atoms with Crippen molar-refractivity contribution in [1.29, 1.82) is 0 Å². The largest absolute Gasteiger partial charge is 0.384 e. The van der Waals surface area contributed by atoms with Crippen molar-refractivity contribution in [3.8, 4) is 0 Å². The summed E-state index contributed by atoms with van der Waals surface area (Å²) in [5.41, 5.74) is 2.25. The van der Waals surface area contributed by atoms with Crippen LogP contribution < -0.4 is 10.6 Å². The van der Waals surface area contributed by atoms with E-state index in [1.54, 1.807) is 0 Å². The molecule has 2 atom stereocenters. The first-order valence-electron chi connectivity index (χ1n) is 6.29. The van der Waals surface area contributed by atoms with Gasteiger partial charge < -0.3 is 10.6 Å². The van der Waals surface area contributed by atoms with Gasteiger partial charge in [-0.2, -0.15) is 0 Å². The summed E-state index contributed by atoms with van der Waals surface area (Å²) >= 11 is 0. The van der Waals surface area contributed by atoms with Crippen molar-refractivity contribution in [2.75, 3.05) is 17.2 Å². The van der Waals surface area contributed by atoms with E-state index < -0.39 is 0 Å². The fourth-order valence-corrected chi connectivity index (χ4v) is 1.97.